The van der Waals surface area contributed by atoms with Crippen LogP contribution in [0, 0.1) is 0 Å². The zero-order valence-electron chi connectivity index (χ0n) is 8.20. The number of hydrogen-bond donors (Lipinski definition) is 1. The zero-order valence-corrected chi connectivity index (χ0v) is 8.20. The molecule has 74 valence electrons. The van der Waals surface area contributed by atoms with E-state index in [1.807, 2.05) is 6.92 Å². The standard InChI is InChI=1S/C10H18N2O/c1-2-10(13)12-8-3-4-9(12)6-7(11)5-8/h7-9H,2-6,11H2,1H3/t7?,8-,9+. The highest BCUT2D eigenvalue weighted by Crippen LogP contribution is 2.35. The number of carbonyl (C=O) groups is 1. The molecular weight excluding hydrogens is 164 g/mol. The Hall–Kier alpha value is -0.570. The summed E-state index contributed by atoms with van der Waals surface area (Å²) in [6, 6.07) is 1.25. The van der Waals surface area contributed by atoms with E-state index in [9.17, 15) is 4.79 Å². The third-order valence-electron chi connectivity index (χ3n) is 3.36. The average Bonchev–Trinajstić information content (AvgIpc) is 2.37. The van der Waals surface area contributed by atoms with Gasteiger partial charge in [0.15, 0.2) is 0 Å². The molecule has 0 aromatic rings. The van der Waals surface area contributed by atoms with Gasteiger partial charge >= 0.3 is 0 Å². The van der Waals surface area contributed by atoms with Crippen LogP contribution >= 0.6 is 0 Å². The molecule has 13 heavy (non-hydrogen) atoms. The first-order valence-electron chi connectivity index (χ1n) is 5.29. The Morgan fingerprint density at radius 3 is 2.38 bits per heavy atom. The molecule has 1 unspecified atom stereocenters. The summed E-state index contributed by atoms with van der Waals surface area (Å²) in [6.45, 7) is 1.94. The highest BCUT2D eigenvalue weighted by atomic mass is 16.2. The highest BCUT2D eigenvalue weighted by molar-refractivity contribution is 5.77. The largest absolute Gasteiger partial charge is 0.337 e. The molecule has 3 nitrogen and oxygen atoms in total. The van der Waals surface area contributed by atoms with Gasteiger partial charge in [0.05, 0.1) is 0 Å². The normalized spacial score (nSPS) is 38.0. The second kappa shape index (κ2) is 3.29. The quantitative estimate of drug-likeness (QED) is 0.654. The molecule has 2 aliphatic heterocycles. The van der Waals surface area contributed by atoms with E-state index >= 15 is 0 Å². The molecule has 2 heterocycles. The number of hydrogen-bond acceptors (Lipinski definition) is 2. The molecule has 3 heteroatoms. The summed E-state index contributed by atoms with van der Waals surface area (Å²) in [5, 5.41) is 0. The van der Waals surface area contributed by atoms with Gasteiger partial charge in [0, 0.05) is 24.5 Å². The monoisotopic (exact) mass is 182 g/mol. The lowest BCUT2D eigenvalue weighted by Crippen LogP contribution is -2.49. The smallest absolute Gasteiger partial charge is 0.222 e. The summed E-state index contributed by atoms with van der Waals surface area (Å²) in [6.07, 6.45) is 5.01. The van der Waals surface area contributed by atoms with Crippen molar-refractivity contribution >= 4 is 5.91 Å². The first kappa shape index (κ1) is 9.00. The van der Waals surface area contributed by atoms with E-state index in [1.54, 1.807) is 0 Å². The molecule has 0 aliphatic carbocycles. The predicted molar refractivity (Wildman–Crippen MR) is 51.2 cm³/mol. The van der Waals surface area contributed by atoms with Crippen LogP contribution in [0.5, 0.6) is 0 Å². The van der Waals surface area contributed by atoms with Crippen LogP contribution < -0.4 is 5.73 Å². The number of rotatable bonds is 1. The van der Waals surface area contributed by atoms with E-state index in [0.717, 1.165) is 12.8 Å². The molecule has 0 spiro atoms. The highest BCUT2D eigenvalue weighted by Gasteiger charge is 2.41. The van der Waals surface area contributed by atoms with E-state index in [-0.39, 0.29) is 0 Å². The second-order valence-corrected chi connectivity index (χ2v) is 4.27. The number of nitrogens with zero attached hydrogens (tertiary/aromatic N) is 1. The minimum absolute atomic E-state index is 0.319. The molecule has 2 fully saturated rings. The Kier molecular flexibility index (Phi) is 2.28. The second-order valence-electron chi connectivity index (χ2n) is 4.27. The number of fused-ring (bicyclic) bond motifs is 2. The van der Waals surface area contributed by atoms with Crippen LogP contribution in [0.1, 0.15) is 39.0 Å². The van der Waals surface area contributed by atoms with Crippen molar-refractivity contribution in [3.63, 3.8) is 0 Å². The Labute approximate surface area is 79.3 Å². The van der Waals surface area contributed by atoms with Crippen LogP contribution in [0.25, 0.3) is 0 Å². The van der Waals surface area contributed by atoms with E-state index in [0.29, 0.717) is 30.5 Å². The number of amides is 1. The van der Waals surface area contributed by atoms with Crippen LogP contribution in [0.4, 0.5) is 0 Å². The first-order chi connectivity index (χ1) is 6.22. The topological polar surface area (TPSA) is 46.3 Å². The van der Waals surface area contributed by atoms with Crippen LogP contribution in [0.2, 0.25) is 0 Å². The van der Waals surface area contributed by atoms with Gasteiger partial charge in [0.2, 0.25) is 5.91 Å². The lowest BCUT2D eigenvalue weighted by atomic mass is 9.98. The number of piperidine rings is 1. The number of carbonyl (C=O) groups excluding carboxylic acids is 1. The number of nitrogens with two attached hydrogens (primary N) is 1. The molecule has 0 aromatic heterocycles. The Morgan fingerprint density at radius 1 is 1.38 bits per heavy atom. The molecule has 0 saturated carbocycles. The minimum atomic E-state index is 0.319. The van der Waals surface area contributed by atoms with E-state index < -0.39 is 0 Å². The van der Waals surface area contributed by atoms with Crippen molar-refractivity contribution in [2.45, 2.75) is 57.2 Å². The summed E-state index contributed by atoms with van der Waals surface area (Å²) in [5.41, 5.74) is 5.92. The summed E-state index contributed by atoms with van der Waals surface area (Å²) in [4.78, 5) is 13.7. The molecule has 2 N–H and O–H groups in total. The van der Waals surface area contributed by atoms with Gasteiger partial charge in [-0.05, 0) is 25.7 Å². The van der Waals surface area contributed by atoms with Crippen molar-refractivity contribution in [3.8, 4) is 0 Å². The van der Waals surface area contributed by atoms with Gasteiger partial charge in [0.25, 0.3) is 0 Å². The van der Waals surface area contributed by atoms with Crippen molar-refractivity contribution in [1.82, 2.24) is 4.90 Å². The van der Waals surface area contributed by atoms with Crippen LogP contribution in [0.3, 0.4) is 0 Å². The molecular formula is C10H18N2O. The maximum Gasteiger partial charge on any atom is 0.222 e. The lowest BCUT2D eigenvalue weighted by Gasteiger charge is -2.37. The third-order valence-corrected chi connectivity index (χ3v) is 3.36. The third kappa shape index (κ3) is 1.46. The van der Waals surface area contributed by atoms with Gasteiger partial charge < -0.3 is 10.6 Å². The van der Waals surface area contributed by atoms with Gasteiger partial charge in [-0.15, -0.1) is 0 Å². The van der Waals surface area contributed by atoms with Gasteiger partial charge in [-0.1, -0.05) is 6.92 Å². The van der Waals surface area contributed by atoms with E-state index in [4.69, 9.17) is 5.73 Å². The zero-order chi connectivity index (χ0) is 9.42. The maximum absolute atomic E-state index is 11.6. The first-order valence-corrected chi connectivity index (χ1v) is 5.29. The van der Waals surface area contributed by atoms with Gasteiger partial charge in [-0.3, -0.25) is 4.79 Å². The van der Waals surface area contributed by atoms with Crippen molar-refractivity contribution < 1.29 is 4.79 Å². The van der Waals surface area contributed by atoms with Gasteiger partial charge in [-0.25, -0.2) is 0 Å². The molecule has 3 atom stereocenters. The molecule has 2 aliphatic rings. The van der Waals surface area contributed by atoms with E-state index in [1.165, 1.54) is 12.8 Å². The van der Waals surface area contributed by atoms with Crippen LogP contribution in [0.15, 0.2) is 0 Å². The van der Waals surface area contributed by atoms with Crippen molar-refractivity contribution in [1.29, 1.82) is 0 Å². The van der Waals surface area contributed by atoms with Crippen molar-refractivity contribution in [3.05, 3.63) is 0 Å². The molecule has 2 rings (SSSR count). The molecule has 2 saturated heterocycles. The maximum atomic E-state index is 11.6. The van der Waals surface area contributed by atoms with E-state index in [2.05, 4.69) is 4.90 Å². The summed E-state index contributed by atoms with van der Waals surface area (Å²) in [7, 11) is 0. The minimum Gasteiger partial charge on any atom is -0.337 e. The van der Waals surface area contributed by atoms with Crippen LogP contribution in [-0.2, 0) is 4.79 Å². The molecule has 0 radical (unpaired) electrons. The van der Waals surface area contributed by atoms with Crippen LogP contribution in [-0.4, -0.2) is 28.9 Å². The fourth-order valence-electron chi connectivity index (χ4n) is 2.81. The SMILES string of the molecule is CCC(=O)N1[C@@H]2CC[C@H]1CC(N)C2. The Bertz CT molecular complexity index is 203. The fourth-order valence-corrected chi connectivity index (χ4v) is 2.81. The van der Waals surface area contributed by atoms with Gasteiger partial charge in [-0.2, -0.15) is 0 Å². The lowest BCUT2D eigenvalue weighted by molar-refractivity contribution is -0.135. The van der Waals surface area contributed by atoms with Crippen molar-refractivity contribution in [2.24, 2.45) is 5.73 Å². The Balaban J connectivity index is 2.10. The fraction of sp³-hybridized carbons (Fsp3) is 0.900. The Morgan fingerprint density at radius 2 is 1.92 bits per heavy atom. The predicted octanol–water partition coefficient (Wildman–Crippen LogP) is 0.877. The van der Waals surface area contributed by atoms with Crippen molar-refractivity contribution in [2.75, 3.05) is 0 Å². The molecule has 0 aromatic carbocycles. The average molecular weight is 182 g/mol. The summed E-state index contributed by atoms with van der Waals surface area (Å²) in [5.74, 6) is 0.319. The van der Waals surface area contributed by atoms with Gasteiger partial charge in [0.1, 0.15) is 0 Å². The summed E-state index contributed by atoms with van der Waals surface area (Å²) < 4.78 is 0. The molecule has 2 bridgehead atoms. The summed E-state index contributed by atoms with van der Waals surface area (Å²) >= 11 is 0. The molecule has 1 amide bonds.